The van der Waals surface area contributed by atoms with E-state index in [-0.39, 0.29) is 5.75 Å². The molecule has 2 heterocycles. The fraction of sp³-hybridized carbons (Fsp3) is 0.143. The molecule has 20 heavy (non-hydrogen) atoms. The Morgan fingerprint density at radius 3 is 3.05 bits per heavy atom. The molecule has 5 nitrogen and oxygen atoms in total. The van der Waals surface area contributed by atoms with Crippen LogP contribution in [0.15, 0.2) is 36.0 Å². The Bertz CT molecular complexity index is 742. The summed E-state index contributed by atoms with van der Waals surface area (Å²) in [5, 5.41) is 16.0. The van der Waals surface area contributed by atoms with Gasteiger partial charge in [-0.1, -0.05) is 0 Å². The maximum Gasteiger partial charge on any atom is 0.138 e. The molecule has 0 aliphatic rings. The minimum atomic E-state index is 0.230. The highest BCUT2D eigenvalue weighted by molar-refractivity contribution is 7.16. The van der Waals surface area contributed by atoms with Gasteiger partial charge in [-0.05, 0) is 29.6 Å². The molecule has 0 saturated carbocycles. The van der Waals surface area contributed by atoms with Crippen molar-refractivity contribution in [3.05, 3.63) is 41.5 Å². The van der Waals surface area contributed by atoms with E-state index >= 15 is 0 Å². The van der Waals surface area contributed by atoms with Gasteiger partial charge in [0.25, 0.3) is 0 Å². The van der Waals surface area contributed by atoms with Gasteiger partial charge in [0.2, 0.25) is 0 Å². The number of nitrogens with one attached hydrogen (secondary N) is 1. The number of anilines is 1. The molecule has 0 aliphatic carbocycles. The number of thiophene rings is 1. The van der Waals surface area contributed by atoms with Gasteiger partial charge < -0.3 is 15.2 Å². The zero-order chi connectivity index (χ0) is 13.9. The van der Waals surface area contributed by atoms with Gasteiger partial charge >= 0.3 is 0 Å². The second-order valence-corrected chi connectivity index (χ2v) is 5.10. The van der Waals surface area contributed by atoms with E-state index in [0.717, 1.165) is 21.6 Å². The third kappa shape index (κ3) is 2.37. The molecule has 3 rings (SSSR count). The van der Waals surface area contributed by atoms with E-state index in [1.54, 1.807) is 36.6 Å². The Hall–Kier alpha value is -2.34. The molecule has 0 saturated heterocycles. The highest BCUT2D eigenvalue weighted by atomic mass is 32.1. The number of methoxy groups -OCH3 is 1. The second-order valence-electron chi connectivity index (χ2n) is 4.21. The Morgan fingerprint density at radius 1 is 1.30 bits per heavy atom. The van der Waals surface area contributed by atoms with Crippen LogP contribution in [-0.2, 0) is 6.54 Å². The smallest absolute Gasteiger partial charge is 0.138 e. The summed E-state index contributed by atoms with van der Waals surface area (Å²) in [5.74, 6) is 1.70. The van der Waals surface area contributed by atoms with Crippen molar-refractivity contribution in [3.63, 3.8) is 0 Å². The van der Waals surface area contributed by atoms with Crippen molar-refractivity contribution in [2.24, 2.45) is 0 Å². The number of aromatic hydroxyl groups is 1. The molecule has 0 aliphatic heterocycles. The number of rotatable bonds is 4. The standard InChI is InChI=1S/C14H13N3O2S/c1-19-10-2-3-12(18)9(6-10)7-15-13-11-4-5-20-14(11)17-8-16-13/h2-6,8,18H,7H2,1H3,(H,15,16,17). The summed E-state index contributed by atoms with van der Waals surface area (Å²) in [5.41, 5.74) is 0.756. The summed E-state index contributed by atoms with van der Waals surface area (Å²) >= 11 is 1.57. The van der Waals surface area contributed by atoms with Gasteiger partial charge in [0, 0.05) is 12.1 Å². The number of hydrogen-bond donors (Lipinski definition) is 2. The van der Waals surface area contributed by atoms with Crippen molar-refractivity contribution < 1.29 is 9.84 Å². The molecular weight excluding hydrogens is 274 g/mol. The van der Waals surface area contributed by atoms with Gasteiger partial charge in [-0.15, -0.1) is 11.3 Å². The lowest BCUT2D eigenvalue weighted by atomic mass is 10.2. The summed E-state index contributed by atoms with van der Waals surface area (Å²) in [7, 11) is 1.60. The fourth-order valence-corrected chi connectivity index (χ4v) is 2.67. The van der Waals surface area contributed by atoms with Crippen LogP contribution in [0.4, 0.5) is 5.82 Å². The summed E-state index contributed by atoms with van der Waals surface area (Å²) in [4.78, 5) is 9.38. The predicted molar refractivity (Wildman–Crippen MR) is 79.4 cm³/mol. The van der Waals surface area contributed by atoms with E-state index in [2.05, 4.69) is 15.3 Å². The minimum Gasteiger partial charge on any atom is -0.508 e. The van der Waals surface area contributed by atoms with Crippen LogP contribution in [0.2, 0.25) is 0 Å². The quantitative estimate of drug-likeness (QED) is 0.772. The first-order chi connectivity index (χ1) is 9.78. The number of nitrogens with zero attached hydrogens (tertiary/aromatic N) is 2. The zero-order valence-corrected chi connectivity index (χ0v) is 11.6. The summed E-state index contributed by atoms with van der Waals surface area (Å²) in [6.45, 7) is 0.463. The number of hydrogen-bond acceptors (Lipinski definition) is 6. The van der Waals surface area contributed by atoms with E-state index in [1.165, 1.54) is 6.33 Å². The molecule has 0 unspecified atom stereocenters. The first kappa shape index (κ1) is 12.7. The largest absolute Gasteiger partial charge is 0.508 e. The van der Waals surface area contributed by atoms with Crippen molar-refractivity contribution in [3.8, 4) is 11.5 Å². The van der Waals surface area contributed by atoms with Crippen molar-refractivity contribution in [1.29, 1.82) is 0 Å². The number of phenolic OH excluding ortho intramolecular Hbond substituents is 1. The topological polar surface area (TPSA) is 67.3 Å². The predicted octanol–water partition coefficient (Wildman–Crippen LogP) is 3.02. The van der Waals surface area contributed by atoms with Crippen molar-refractivity contribution >= 4 is 27.4 Å². The molecule has 102 valence electrons. The van der Waals surface area contributed by atoms with Crippen LogP contribution in [0.25, 0.3) is 10.2 Å². The van der Waals surface area contributed by atoms with Crippen LogP contribution >= 0.6 is 11.3 Å². The second kappa shape index (κ2) is 5.34. The lowest BCUT2D eigenvalue weighted by Crippen LogP contribution is -2.02. The van der Waals surface area contributed by atoms with Crippen molar-refractivity contribution in [2.45, 2.75) is 6.54 Å². The number of phenols is 1. The lowest BCUT2D eigenvalue weighted by molar-refractivity contribution is 0.411. The average molecular weight is 287 g/mol. The van der Waals surface area contributed by atoms with Crippen molar-refractivity contribution in [1.82, 2.24) is 9.97 Å². The van der Waals surface area contributed by atoms with Gasteiger partial charge in [0.05, 0.1) is 12.5 Å². The van der Waals surface area contributed by atoms with Crippen LogP contribution in [0.3, 0.4) is 0 Å². The molecule has 2 aromatic heterocycles. The molecule has 0 spiro atoms. The molecule has 0 atom stereocenters. The molecular formula is C14H13N3O2S. The summed E-state index contributed by atoms with van der Waals surface area (Å²) in [6.07, 6.45) is 1.53. The molecule has 0 amide bonds. The molecule has 6 heteroatoms. The maximum atomic E-state index is 9.86. The summed E-state index contributed by atoms with van der Waals surface area (Å²) < 4.78 is 5.16. The zero-order valence-electron chi connectivity index (χ0n) is 10.8. The number of benzene rings is 1. The normalized spacial score (nSPS) is 10.7. The first-order valence-corrected chi connectivity index (χ1v) is 6.94. The molecule has 0 radical (unpaired) electrons. The maximum absolute atomic E-state index is 9.86. The van der Waals surface area contributed by atoms with E-state index in [4.69, 9.17) is 4.74 Å². The van der Waals surface area contributed by atoms with Crippen LogP contribution in [0, 0.1) is 0 Å². The monoisotopic (exact) mass is 287 g/mol. The number of ether oxygens (including phenoxy) is 1. The van der Waals surface area contributed by atoms with E-state index in [0.29, 0.717) is 12.3 Å². The van der Waals surface area contributed by atoms with E-state index in [9.17, 15) is 5.11 Å². The van der Waals surface area contributed by atoms with Crippen LogP contribution in [-0.4, -0.2) is 22.2 Å². The van der Waals surface area contributed by atoms with Gasteiger partial charge in [0.1, 0.15) is 28.5 Å². The molecule has 2 N–H and O–H groups in total. The van der Waals surface area contributed by atoms with E-state index in [1.807, 2.05) is 11.4 Å². The van der Waals surface area contributed by atoms with Crippen LogP contribution in [0.5, 0.6) is 11.5 Å². The average Bonchev–Trinajstić information content (AvgIpc) is 2.95. The highest BCUT2D eigenvalue weighted by Crippen LogP contribution is 2.26. The molecule has 0 bridgehead atoms. The number of fused-ring (bicyclic) bond motifs is 1. The lowest BCUT2D eigenvalue weighted by Gasteiger charge is -2.09. The first-order valence-electron chi connectivity index (χ1n) is 6.06. The van der Waals surface area contributed by atoms with Gasteiger partial charge in [-0.3, -0.25) is 0 Å². The Labute approximate surface area is 119 Å². The third-order valence-corrected chi connectivity index (χ3v) is 3.82. The number of aromatic nitrogens is 2. The fourth-order valence-electron chi connectivity index (χ4n) is 1.94. The van der Waals surface area contributed by atoms with Crippen LogP contribution in [0.1, 0.15) is 5.56 Å². The Balaban J connectivity index is 1.84. The third-order valence-electron chi connectivity index (χ3n) is 2.99. The van der Waals surface area contributed by atoms with Crippen LogP contribution < -0.4 is 10.1 Å². The minimum absolute atomic E-state index is 0.230. The Kier molecular flexibility index (Phi) is 3.39. The van der Waals surface area contributed by atoms with Gasteiger partial charge in [-0.25, -0.2) is 9.97 Å². The highest BCUT2D eigenvalue weighted by Gasteiger charge is 2.07. The van der Waals surface area contributed by atoms with Gasteiger partial charge in [-0.2, -0.15) is 0 Å². The van der Waals surface area contributed by atoms with Gasteiger partial charge in [0.15, 0.2) is 0 Å². The van der Waals surface area contributed by atoms with Crippen molar-refractivity contribution in [2.75, 3.05) is 12.4 Å². The molecule has 1 aromatic carbocycles. The molecule has 3 aromatic rings. The SMILES string of the molecule is COc1ccc(O)c(CNc2ncnc3sccc23)c1. The molecule has 0 fully saturated rings. The van der Waals surface area contributed by atoms with E-state index < -0.39 is 0 Å². The summed E-state index contributed by atoms with van der Waals surface area (Å²) in [6, 6.07) is 7.12. The Morgan fingerprint density at radius 2 is 2.20 bits per heavy atom.